The van der Waals surface area contributed by atoms with Gasteiger partial charge in [0.25, 0.3) is 5.91 Å². The largest absolute Gasteiger partial charge is 0.494 e. The molecule has 0 atom stereocenters. The van der Waals surface area contributed by atoms with Crippen molar-refractivity contribution < 1.29 is 14.3 Å². The van der Waals surface area contributed by atoms with Gasteiger partial charge in [-0.25, -0.2) is 9.97 Å². The molecule has 3 heterocycles. The van der Waals surface area contributed by atoms with Gasteiger partial charge in [0.05, 0.1) is 12.3 Å². The molecule has 1 aromatic carbocycles. The molecular formula is C22H24N4O3S2. The lowest BCUT2D eigenvalue weighted by atomic mass is 9.96. The number of rotatable bonds is 6. The topological polar surface area (TPSA) is 84.4 Å². The summed E-state index contributed by atoms with van der Waals surface area (Å²) in [7, 11) is 0. The number of carbonyl (C=O) groups is 2. The highest BCUT2D eigenvalue weighted by molar-refractivity contribution is 7.14. The van der Waals surface area contributed by atoms with Crippen LogP contribution in [0.5, 0.6) is 5.75 Å². The first-order valence-corrected chi connectivity index (χ1v) is 12.0. The molecule has 0 bridgehead atoms. The summed E-state index contributed by atoms with van der Waals surface area (Å²) in [6.07, 6.45) is 1.27. The fraction of sp³-hybridized carbons (Fsp3) is 0.364. The van der Waals surface area contributed by atoms with Gasteiger partial charge in [0.1, 0.15) is 16.5 Å². The van der Waals surface area contributed by atoms with E-state index in [0.29, 0.717) is 43.4 Å². The molecule has 31 heavy (non-hydrogen) atoms. The van der Waals surface area contributed by atoms with E-state index in [2.05, 4.69) is 15.3 Å². The molecule has 0 aliphatic carbocycles. The number of ether oxygens (including phenoxy) is 1. The Morgan fingerprint density at radius 3 is 2.52 bits per heavy atom. The van der Waals surface area contributed by atoms with Crippen LogP contribution in [-0.4, -0.2) is 46.4 Å². The molecule has 9 heteroatoms. The van der Waals surface area contributed by atoms with E-state index in [0.717, 1.165) is 22.0 Å². The highest BCUT2D eigenvalue weighted by Gasteiger charge is 2.29. The van der Waals surface area contributed by atoms with Gasteiger partial charge in [-0.15, -0.1) is 22.7 Å². The van der Waals surface area contributed by atoms with Gasteiger partial charge in [-0.1, -0.05) is 0 Å². The average molecular weight is 457 g/mol. The van der Waals surface area contributed by atoms with Crippen molar-refractivity contribution in [3.63, 3.8) is 0 Å². The number of nitrogens with zero attached hydrogens (tertiary/aromatic N) is 3. The standard InChI is InChI=1S/C22H24N4O3S2/c1-3-29-17-6-4-16(5-7-17)20-24-18(13-30-20)21(28)26-10-8-15(9-11-26)19(27)25-22-23-14(2)12-31-22/h4-7,12-13,15H,3,8-11H2,1-2H3,(H,23,25,27). The molecule has 0 saturated carbocycles. The smallest absolute Gasteiger partial charge is 0.273 e. The molecule has 0 spiro atoms. The van der Waals surface area contributed by atoms with Crippen LogP contribution in [0.4, 0.5) is 5.13 Å². The Bertz CT molecular complexity index is 1050. The first-order chi connectivity index (χ1) is 15.0. The van der Waals surface area contributed by atoms with E-state index in [1.165, 1.54) is 22.7 Å². The Hall–Kier alpha value is -2.78. The Balaban J connectivity index is 1.33. The summed E-state index contributed by atoms with van der Waals surface area (Å²) >= 11 is 2.88. The average Bonchev–Trinajstić information content (AvgIpc) is 3.43. The summed E-state index contributed by atoms with van der Waals surface area (Å²) in [5, 5.41) is 8.03. The van der Waals surface area contributed by atoms with Gasteiger partial charge in [-0.3, -0.25) is 9.59 Å². The maximum atomic E-state index is 12.9. The van der Waals surface area contributed by atoms with E-state index < -0.39 is 0 Å². The maximum Gasteiger partial charge on any atom is 0.273 e. The summed E-state index contributed by atoms with van der Waals surface area (Å²) in [6.45, 7) is 5.56. The lowest BCUT2D eigenvalue weighted by Crippen LogP contribution is -2.41. The second kappa shape index (κ2) is 9.57. The first kappa shape index (κ1) is 21.5. The first-order valence-electron chi connectivity index (χ1n) is 10.2. The minimum Gasteiger partial charge on any atom is -0.494 e. The number of likely N-dealkylation sites (tertiary alicyclic amines) is 1. The number of aryl methyl sites for hydroxylation is 1. The lowest BCUT2D eigenvalue weighted by molar-refractivity contribution is -0.121. The SMILES string of the molecule is CCOc1ccc(-c2nc(C(=O)N3CCC(C(=O)Nc4nc(C)cs4)CC3)cs2)cc1. The van der Waals surface area contributed by atoms with E-state index in [1.807, 2.05) is 43.5 Å². The Morgan fingerprint density at radius 1 is 1.13 bits per heavy atom. The molecular weight excluding hydrogens is 432 g/mol. The normalized spacial score (nSPS) is 14.5. The maximum absolute atomic E-state index is 12.9. The zero-order chi connectivity index (χ0) is 21.8. The second-order valence-electron chi connectivity index (χ2n) is 7.35. The summed E-state index contributed by atoms with van der Waals surface area (Å²) < 4.78 is 5.47. The molecule has 1 fully saturated rings. The zero-order valence-electron chi connectivity index (χ0n) is 17.5. The van der Waals surface area contributed by atoms with Crippen LogP contribution in [0.3, 0.4) is 0 Å². The van der Waals surface area contributed by atoms with Gasteiger partial charge in [0.15, 0.2) is 5.13 Å². The van der Waals surface area contributed by atoms with Gasteiger partial charge < -0.3 is 15.0 Å². The van der Waals surface area contributed by atoms with Crippen LogP contribution in [0, 0.1) is 12.8 Å². The zero-order valence-corrected chi connectivity index (χ0v) is 19.1. The number of aromatic nitrogens is 2. The van der Waals surface area contributed by atoms with Gasteiger partial charge in [-0.05, 0) is 51.0 Å². The van der Waals surface area contributed by atoms with Gasteiger partial charge in [0.2, 0.25) is 5.91 Å². The van der Waals surface area contributed by atoms with Crippen LogP contribution in [0.2, 0.25) is 0 Å². The number of benzene rings is 1. The predicted octanol–water partition coefficient (Wildman–Crippen LogP) is 4.46. The molecule has 162 valence electrons. The van der Waals surface area contributed by atoms with E-state index in [9.17, 15) is 9.59 Å². The fourth-order valence-corrected chi connectivity index (χ4v) is 4.98. The van der Waals surface area contributed by atoms with Crippen molar-refractivity contribution in [1.29, 1.82) is 0 Å². The van der Waals surface area contributed by atoms with Crippen molar-refractivity contribution >= 4 is 39.6 Å². The molecule has 2 aromatic heterocycles. The highest BCUT2D eigenvalue weighted by Crippen LogP contribution is 2.27. The number of hydrogen-bond donors (Lipinski definition) is 1. The van der Waals surface area contributed by atoms with Crippen LogP contribution < -0.4 is 10.1 Å². The molecule has 0 unspecified atom stereocenters. The number of piperidine rings is 1. The number of amides is 2. The van der Waals surface area contributed by atoms with Crippen molar-refractivity contribution in [3.8, 4) is 16.3 Å². The van der Waals surface area contributed by atoms with E-state index in [1.54, 1.807) is 10.3 Å². The van der Waals surface area contributed by atoms with Crippen molar-refractivity contribution in [3.05, 3.63) is 46.4 Å². The van der Waals surface area contributed by atoms with Crippen LogP contribution in [0.15, 0.2) is 35.0 Å². The minimum atomic E-state index is -0.108. The second-order valence-corrected chi connectivity index (χ2v) is 9.06. The molecule has 3 aromatic rings. The predicted molar refractivity (Wildman–Crippen MR) is 123 cm³/mol. The number of nitrogens with one attached hydrogen (secondary N) is 1. The number of thiazole rings is 2. The number of hydrogen-bond acceptors (Lipinski definition) is 7. The minimum absolute atomic E-state index is 0.0205. The molecule has 1 N–H and O–H groups in total. The summed E-state index contributed by atoms with van der Waals surface area (Å²) in [6, 6.07) is 7.72. The third-order valence-corrected chi connectivity index (χ3v) is 6.90. The quantitative estimate of drug-likeness (QED) is 0.592. The molecule has 2 amide bonds. The summed E-state index contributed by atoms with van der Waals surface area (Å²) in [5.74, 6) is 0.606. The van der Waals surface area contributed by atoms with Crippen molar-refractivity contribution in [1.82, 2.24) is 14.9 Å². The Morgan fingerprint density at radius 2 is 1.87 bits per heavy atom. The van der Waals surface area contributed by atoms with Crippen LogP contribution >= 0.6 is 22.7 Å². The molecule has 1 aliphatic heterocycles. The van der Waals surface area contributed by atoms with Crippen LogP contribution in [-0.2, 0) is 4.79 Å². The monoisotopic (exact) mass is 456 g/mol. The van der Waals surface area contributed by atoms with Crippen molar-refractivity contribution in [2.45, 2.75) is 26.7 Å². The highest BCUT2D eigenvalue weighted by atomic mass is 32.1. The van der Waals surface area contributed by atoms with Crippen molar-refractivity contribution in [2.24, 2.45) is 5.92 Å². The molecule has 7 nitrogen and oxygen atoms in total. The molecule has 1 saturated heterocycles. The van der Waals surface area contributed by atoms with Gasteiger partial charge >= 0.3 is 0 Å². The Kier molecular flexibility index (Phi) is 6.62. The number of carbonyl (C=O) groups excluding carboxylic acids is 2. The Labute approximate surface area is 189 Å². The van der Waals surface area contributed by atoms with E-state index in [-0.39, 0.29) is 17.7 Å². The van der Waals surface area contributed by atoms with Gasteiger partial charge in [-0.2, -0.15) is 0 Å². The van der Waals surface area contributed by atoms with Crippen LogP contribution in [0.1, 0.15) is 35.9 Å². The molecule has 1 aliphatic rings. The fourth-order valence-electron chi connectivity index (χ4n) is 3.49. The summed E-state index contributed by atoms with van der Waals surface area (Å²) in [4.78, 5) is 36.0. The lowest BCUT2D eigenvalue weighted by Gasteiger charge is -2.30. The third kappa shape index (κ3) is 5.11. The third-order valence-electron chi connectivity index (χ3n) is 5.14. The summed E-state index contributed by atoms with van der Waals surface area (Å²) in [5.41, 5.74) is 2.31. The van der Waals surface area contributed by atoms with Gasteiger partial charge in [0, 0.05) is 35.3 Å². The molecule has 4 rings (SSSR count). The van der Waals surface area contributed by atoms with E-state index in [4.69, 9.17) is 4.74 Å². The van der Waals surface area contributed by atoms with Crippen LogP contribution in [0.25, 0.3) is 10.6 Å². The van der Waals surface area contributed by atoms with Crippen molar-refractivity contribution in [2.75, 3.05) is 25.0 Å². The number of anilines is 1. The molecule has 0 radical (unpaired) electrons. The van der Waals surface area contributed by atoms with E-state index >= 15 is 0 Å².